The van der Waals surface area contributed by atoms with Crippen LogP contribution in [0.15, 0.2) is 42.7 Å². The van der Waals surface area contributed by atoms with Crippen LogP contribution >= 0.6 is 0 Å². The summed E-state index contributed by atoms with van der Waals surface area (Å²) in [5, 5.41) is 7.48. The van der Waals surface area contributed by atoms with E-state index in [-0.39, 0.29) is 18.0 Å². The molecule has 1 N–H and O–H groups in total. The summed E-state index contributed by atoms with van der Waals surface area (Å²) in [5.74, 6) is -0.930. The lowest BCUT2D eigenvalue weighted by molar-refractivity contribution is 0.0929. The first kappa shape index (κ1) is 20.0. The Morgan fingerprint density at radius 1 is 1.03 bits per heavy atom. The molecule has 1 saturated heterocycles. The molecule has 3 aromatic rings. The number of amides is 1. The van der Waals surface area contributed by atoms with Crippen LogP contribution in [0.1, 0.15) is 66.9 Å². The minimum Gasteiger partial charge on any atom is -0.364 e. The molecule has 2 aromatic heterocycles. The van der Waals surface area contributed by atoms with Crippen molar-refractivity contribution in [2.24, 2.45) is 0 Å². The van der Waals surface area contributed by atoms with Crippen molar-refractivity contribution in [2.45, 2.75) is 57.0 Å². The van der Waals surface area contributed by atoms with Gasteiger partial charge in [-0.05, 0) is 56.0 Å². The highest BCUT2D eigenvalue weighted by Gasteiger charge is 2.29. The molecule has 1 amide bonds. The predicted octanol–water partition coefficient (Wildman–Crippen LogP) is 5.02. The average Bonchev–Trinajstić information content (AvgIpc) is 3.43. The summed E-state index contributed by atoms with van der Waals surface area (Å²) in [6.45, 7) is 0.745. The Balaban J connectivity index is 1.44. The van der Waals surface area contributed by atoms with E-state index in [9.17, 15) is 13.6 Å². The number of halogens is 2. The van der Waals surface area contributed by atoms with Crippen LogP contribution in [0.3, 0.4) is 0 Å². The smallest absolute Gasteiger partial charge is 0.255 e. The fourth-order valence-corrected chi connectivity index (χ4v) is 5.00. The highest BCUT2D eigenvalue weighted by atomic mass is 19.1. The molecule has 2 aliphatic rings. The zero-order chi connectivity index (χ0) is 21.4. The van der Waals surface area contributed by atoms with Crippen molar-refractivity contribution in [1.82, 2.24) is 14.9 Å². The first-order valence-electron chi connectivity index (χ1n) is 11.1. The van der Waals surface area contributed by atoms with Crippen molar-refractivity contribution in [3.63, 3.8) is 0 Å². The number of benzene rings is 1. The summed E-state index contributed by atoms with van der Waals surface area (Å²) in [5.41, 5.74) is 2.52. The number of pyridine rings is 1. The van der Waals surface area contributed by atoms with Crippen LogP contribution in [0.25, 0.3) is 5.52 Å². The van der Waals surface area contributed by atoms with Gasteiger partial charge in [-0.3, -0.25) is 4.79 Å². The SMILES string of the molecule is O=C(NC1CCCCC1)c1cnn2ccc(N3CCCC3c3cc(F)ccc3F)cc12. The molecule has 5 rings (SSSR count). The summed E-state index contributed by atoms with van der Waals surface area (Å²) in [6, 6.07) is 7.46. The van der Waals surface area contributed by atoms with E-state index in [0.717, 1.165) is 62.3 Å². The normalized spacial score (nSPS) is 19.8. The second-order valence-corrected chi connectivity index (χ2v) is 8.60. The van der Waals surface area contributed by atoms with Crippen LogP contribution in [-0.4, -0.2) is 28.1 Å². The first-order chi connectivity index (χ1) is 15.1. The third-order valence-corrected chi connectivity index (χ3v) is 6.59. The maximum atomic E-state index is 14.4. The van der Waals surface area contributed by atoms with Crippen molar-refractivity contribution in [3.05, 3.63) is 65.5 Å². The van der Waals surface area contributed by atoms with Crippen LogP contribution in [0.5, 0.6) is 0 Å². The maximum Gasteiger partial charge on any atom is 0.255 e. The molecule has 7 heteroatoms. The van der Waals surface area contributed by atoms with Crippen molar-refractivity contribution in [3.8, 4) is 0 Å². The van der Waals surface area contributed by atoms with Gasteiger partial charge in [0.1, 0.15) is 11.6 Å². The van der Waals surface area contributed by atoms with Crippen molar-refractivity contribution >= 4 is 17.1 Å². The van der Waals surface area contributed by atoms with E-state index in [1.165, 1.54) is 18.6 Å². The largest absolute Gasteiger partial charge is 0.364 e. The number of rotatable bonds is 4. The van der Waals surface area contributed by atoms with E-state index in [2.05, 4.69) is 15.3 Å². The van der Waals surface area contributed by atoms with E-state index < -0.39 is 11.6 Å². The minimum absolute atomic E-state index is 0.104. The van der Waals surface area contributed by atoms with E-state index in [1.54, 1.807) is 10.7 Å². The molecule has 1 saturated carbocycles. The number of carbonyl (C=O) groups is 1. The number of carbonyl (C=O) groups excluding carboxylic acids is 1. The molecule has 3 heterocycles. The summed E-state index contributed by atoms with van der Waals surface area (Å²) in [7, 11) is 0. The molecule has 31 heavy (non-hydrogen) atoms. The fourth-order valence-electron chi connectivity index (χ4n) is 5.00. The van der Waals surface area contributed by atoms with Gasteiger partial charge in [0, 0.05) is 30.0 Å². The van der Waals surface area contributed by atoms with Gasteiger partial charge >= 0.3 is 0 Å². The van der Waals surface area contributed by atoms with Crippen molar-refractivity contribution in [1.29, 1.82) is 0 Å². The molecule has 1 aliphatic heterocycles. The lowest BCUT2D eigenvalue weighted by Gasteiger charge is -2.27. The van der Waals surface area contributed by atoms with Crippen LogP contribution in [0.4, 0.5) is 14.5 Å². The molecule has 0 bridgehead atoms. The Morgan fingerprint density at radius 2 is 1.87 bits per heavy atom. The van der Waals surface area contributed by atoms with Crippen molar-refractivity contribution in [2.75, 3.05) is 11.4 Å². The van der Waals surface area contributed by atoms with E-state index in [4.69, 9.17) is 0 Å². The topological polar surface area (TPSA) is 49.6 Å². The van der Waals surface area contributed by atoms with E-state index >= 15 is 0 Å². The summed E-state index contributed by atoms with van der Waals surface area (Å²) in [4.78, 5) is 15.0. The summed E-state index contributed by atoms with van der Waals surface area (Å²) >= 11 is 0. The van der Waals surface area contributed by atoms with E-state index in [0.29, 0.717) is 11.1 Å². The van der Waals surface area contributed by atoms with Crippen LogP contribution < -0.4 is 10.2 Å². The lowest BCUT2D eigenvalue weighted by atomic mass is 9.95. The number of hydrogen-bond donors (Lipinski definition) is 1. The number of anilines is 1. The predicted molar refractivity (Wildman–Crippen MR) is 115 cm³/mol. The van der Waals surface area contributed by atoms with Gasteiger partial charge in [0.2, 0.25) is 0 Å². The standard InChI is InChI=1S/C24H26F2N4O/c25-16-8-9-21(26)19(13-16)22-7-4-11-29(22)18-10-12-30-23(14-18)20(15-27-30)24(31)28-17-5-2-1-3-6-17/h8-10,12-15,17,22H,1-7,11H2,(H,28,31). The third kappa shape index (κ3) is 3.89. The average molecular weight is 424 g/mol. The molecule has 2 fully saturated rings. The van der Waals surface area contributed by atoms with Gasteiger partial charge in [-0.15, -0.1) is 0 Å². The van der Waals surface area contributed by atoms with Gasteiger partial charge in [-0.25, -0.2) is 13.3 Å². The van der Waals surface area contributed by atoms with Crippen LogP contribution in [0.2, 0.25) is 0 Å². The van der Waals surface area contributed by atoms with Gasteiger partial charge in [-0.2, -0.15) is 5.10 Å². The highest BCUT2D eigenvalue weighted by molar-refractivity contribution is 6.01. The molecular weight excluding hydrogens is 398 g/mol. The maximum absolute atomic E-state index is 14.4. The second-order valence-electron chi connectivity index (χ2n) is 8.60. The molecule has 5 nitrogen and oxygen atoms in total. The van der Waals surface area contributed by atoms with Crippen LogP contribution in [0, 0.1) is 11.6 Å². The van der Waals surface area contributed by atoms with Gasteiger partial charge < -0.3 is 10.2 Å². The number of aromatic nitrogens is 2. The van der Waals surface area contributed by atoms with E-state index in [1.807, 2.05) is 18.3 Å². The van der Waals surface area contributed by atoms with Crippen LogP contribution in [-0.2, 0) is 0 Å². The van der Waals surface area contributed by atoms with Crippen molar-refractivity contribution < 1.29 is 13.6 Å². The van der Waals surface area contributed by atoms with Gasteiger partial charge in [-0.1, -0.05) is 19.3 Å². The highest BCUT2D eigenvalue weighted by Crippen LogP contribution is 2.38. The summed E-state index contributed by atoms with van der Waals surface area (Å²) in [6.07, 6.45) is 10.6. The molecule has 0 radical (unpaired) electrons. The number of nitrogens with zero attached hydrogens (tertiary/aromatic N) is 3. The van der Waals surface area contributed by atoms with Gasteiger partial charge in [0.05, 0.1) is 23.3 Å². The quantitative estimate of drug-likeness (QED) is 0.640. The van der Waals surface area contributed by atoms with Gasteiger partial charge in [0.25, 0.3) is 5.91 Å². The Bertz CT molecular complexity index is 1110. The molecule has 1 unspecified atom stereocenters. The Morgan fingerprint density at radius 3 is 2.71 bits per heavy atom. The molecule has 1 aromatic carbocycles. The zero-order valence-electron chi connectivity index (χ0n) is 17.4. The molecule has 1 aliphatic carbocycles. The summed E-state index contributed by atoms with van der Waals surface area (Å²) < 4.78 is 29.9. The molecule has 1 atom stereocenters. The molecular formula is C24H26F2N4O. The Kier molecular flexibility index (Phi) is 5.34. The molecule has 162 valence electrons. The monoisotopic (exact) mass is 424 g/mol. The number of nitrogens with one attached hydrogen (secondary N) is 1. The van der Waals surface area contributed by atoms with Gasteiger partial charge in [0.15, 0.2) is 0 Å². The molecule has 0 spiro atoms. The third-order valence-electron chi connectivity index (χ3n) is 6.59. The first-order valence-corrected chi connectivity index (χ1v) is 11.1. The fraction of sp³-hybridized carbons (Fsp3) is 0.417. The minimum atomic E-state index is -0.434. The Hall–Kier alpha value is -2.96. The second kappa shape index (κ2) is 8.29. The number of fused-ring (bicyclic) bond motifs is 1. The number of hydrogen-bond acceptors (Lipinski definition) is 3. The zero-order valence-corrected chi connectivity index (χ0v) is 17.4. The Labute approximate surface area is 180 Å². The lowest BCUT2D eigenvalue weighted by Crippen LogP contribution is -2.36.